The SMILES string of the molecule is CCOC(CC)(CC)c1nc(C)c(C(C)NC)s1. The number of hydrogen-bond donors (Lipinski definition) is 1. The topological polar surface area (TPSA) is 34.1 Å². The van der Waals surface area contributed by atoms with Crippen molar-refractivity contribution in [2.75, 3.05) is 13.7 Å². The van der Waals surface area contributed by atoms with Crippen LogP contribution in [0, 0.1) is 6.92 Å². The maximum absolute atomic E-state index is 6.02. The van der Waals surface area contributed by atoms with Gasteiger partial charge in [0, 0.05) is 17.5 Å². The average molecular weight is 270 g/mol. The summed E-state index contributed by atoms with van der Waals surface area (Å²) in [5.41, 5.74) is 0.929. The van der Waals surface area contributed by atoms with E-state index >= 15 is 0 Å². The zero-order valence-corrected chi connectivity index (χ0v) is 13.3. The van der Waals surface area contributed by atoms with Crippen LogP contribution >= 0.6 is 11.3 Å². The van der Waals surface area contributed by atoms with Crippen molar-refractivity contribution in [1.82, 2.24) is 10.3 Å². The molecule has 1 atom stereocenters. The molecule has 0 radical (unpaired) electrons. The number of aromatic nitrogens is 1. The van der Waals surface area contributed by atoms with E-state index in [0.717, 1.165) is 30.2 Å². The highest BCUT2D eigenvalue weighted by Gasteiger charge is 2.33. The van der Waals surface area contributed by atoms with E-state index in [2.05, 4.69) is 39.9 Å². The van der Waals surface area contributed by atoms with E-state index < -0.39 is 0 Å². The Morgan fingerprint density at radius 2 is 1.94 bits per heavy atom. The molecule has 0 saturated carbocycles. The molecule has 0 aliphatic rings. The van der Waals surface area contributed by atoms with Gasteiger partial charge in [-0.2, -0.15) is 0 Å². The van der Waals surface area contributed by atoms with Crippen LogP contribution in [0.25, 0.3) is 0 Å². The second-order valence-corrected chi connectivity index (χ2v) is 5.64. The third-order valence-electron chi connectivity index (χ3n) is 3.61. The molecule has 1 N–H and O–H groups in total. The number of nitrogens with one attached hydrogen (secondary N) is 1. The first kappa shape index (κ1) is 15.6. The molecule has 1 aromatic heterocycles. The van der Waals surface area contributed by atoms with Gasteiger partial charge in [0.2, 0.25) is 0 Å². The fourth-order valence-electron chi connectivity index (χ4n) is 2.23. The number of thiazole rings is 1. The Kier molecular flexibility index (Phi) is 5.76. The Balaban J connectivity index is 3.14. The van der Waals surface area contributed by atoms with Crippen LogP contribution in [0.15, 0.2) is 0 Å². The van der Waals surface area contributed by atoms with Crippen LogP contribution < -0.4 is 5.32 Å². The molecule has 104 valence electrons. The van der Waals surface area contributed by atoms with Gasteiger partial charge in [-0.15, -0.1) is 11.3 Å². The van der Waals surface area contributed by atoms with Gasteiger partial charge in [0.05, 0.1) is 5.69 Å². The van der Waals surface area contributed by atoms with Crippen LogP contribution in [0.2, 0.25) is 0 Å². The summed E-state index contributed by atoms with van der Waals surface area (Å²) < 4.78 is 6.02. The van der Waals surface area contributed by atoms with E-state index in [1.165, 1.54) is 4.88 Å². The number of aryl methyl sites for hydroxylation is 1. The normalized spacial score (nSPS) is 13.9. The standard InChI is InChI=1S/C14H26N2OS/c1-7-14(8-2,17-9-3)13-16-11(5)12(18-13)10(4)15-6/h10,15H,7-9H2,1-6H3. The third kappa shape index (κ3) is 2.92. The fraction of sp³-hybridized carbons (Fsp3) is 0.786. The van der Waals surface area contributed by atoms with Gasteiger partial charge in [0.1, 0.15) is 10.6 Å². The summed E-state index contributed by atoms with van der Waals surface area (Å²) in [6, 6.07) is 0.351. The lowest BCUT2D eigenvalue weighted by molar-refractivity contribution is -0.0507. The minimum Gasteiger partial charge on any atom is -0.368 e. The van der Waals surface area contributed by atoms with Gasteiger partial charge in [0.25, 0.3) is 0 Å². The predicted molar refractivity (Wildman–Crippen MR) is 78.2 cm³/mol. The summed E-state index contributed by atoms with van der Waals surface area (Å²) in [5, 5.41) is 4.41. The Bertz CT molecular complexity index is 372. The lowest BCUT2D eigenvalue weighted by Gasteiger charge is -2.29. The minimum absolute atomic E-state index is 0.199. The van der Waals surface area contributed by atoms with Crippen LogP contribution in [0.5, 0.6) is 0 Å². The van der Waals surface area contributed by atoms with Crippen molar-refractivity contribution in [2.45, 2.75) is 59.1 Å². The average Bonchev–Trinajstić information content (AvgIpc) is 2.77. The second kappa shape index (κ2) is 6.64. The molecule has 0 amide bonds. The fourth-order valence-corrected chi connectivity index (χ4v) is 3.64. The maximum atomic E-state index is 6.02. The minimum atomic E-state index is -0.199. The molecule has 1 heterocycles. The van der Waals surface area contributed by atoms with Crippen LogP contribution in [0.3, 0.4) is 0 Å². The summed E-state index contributed by atoms with van der Waals surface area (Å²) in [6.45, 7) is 11.4. The van der Waals surface area contributed by atoms with Gasteiger partial charge >= 0.3 is 0 Å². The summed E-state index contributed by atoms with van der Waals surface area (Å²) in [6.07, 6.45) is 1.94. The van der Waals surface area contributed by atoms with Crippen molar-refractivity contribution in [2.24, 2.45) is 0 Å². The molecule has 4 heteroatoms. The van der Waals surface area contributed by atoms with Crippen LogP contribution in [-0.2, 0) is 10.3 Å². The van der Waals surface area contributed by atoms with Crippen molar-refractivity contribution < 1.29 is 4.74 Å². The first-order valence-electron chi connectivity index (χ1n) is 6.83. The molecule has 0 fully saturated rings. The molecule has 0 bridgehead atoms. The van der Waals surface area contributed by atoms with Crippen molar-refractivity contribution >= 4 is 11.3 Å². The molecule has 3 nitrogen and oxygen atoms in total. The summed E-state index contributed by atoms with van der Waals surface area (Å²) in [5.74, 6) is 0. The molecular formula is C14H26N2OS. The van der Waals surface area contributed by atoms with Crippen molar-refractivity contribution in [3.63, 3.8) is 0 Å². The molecule has 0 aromatic carbocycles. The Labute approximate surface area is 115 Å². The van der Waals surface area contributed by atoms with Gasteiger partial charge in [-0.1, -0.05) is 13.8 Å². The lowest BCUT2D eigenvalue weighted by atomic mass is 9.98. The highest BCUT2D eigenvalue weighted by atomic mass is 32.1. The Hall–Kier alpha value is -0.450. The number of nitrogens with zero attached hydrogens (tertiary/aromatic N) is 1. The van der Waals surface area contributed by atoms with Crippen LogP contribution in [0.4, 0.5) is 0 Å². The zero-order chi connectivity index (χ0) is 13.8. The van der Waals surface area contributed by atoms with Crippen molar-refractivity contribution in [3.05, 3.63) is 15.6 Å². The largest absolute Gasteiger partial charge is 0.368 e. The first-order valence-corrected chi connectivity index (χ1v) is 7.65. The Morgan fingerprint density at radius 3 is 2.39 bits per heavy atom. The number of rotatable bonds is 7. The predicted octanol–water partition coefficient (Wildman–Crippen LogP) is 3.78. The lowest BCUT2D eigenvalue weighted by Crippen LogP contribution is -2.28. The third-order valence-corrected chi connectivity index (χ3v) is 5.14. The van der Waals surface area contributed by atoms with E-state index in [9.17, 15) is 0 Å². The first-order chi connectivity index (χ1) is 8.54. The molecule has 0 aliphatic heterocycles. The number of hydrogen-bond acceptors (Lipinski definition) is 4. The highest BCUT2D eigenvalue weighted by Crippen LogP contribution is 2.38. The summed E-state index contributed by atoms with van der Waals surface area (Å²) >= 11 is 1.79. The van der Waals surface area contributed by atoms with Crippen molar-refractivity contribution in [1.29, 1.82) is 0 Å². The van der Waals surface area contributed by atoms with Crippen LogP contribution in [-0.4, -0.2) is 18.6 Å². The van der Waals surface area contributed by atoms with Crippen molar-refractivity contribution in [3.8, 4) is 0 Å². The smallest absolute Gasteiger partial charge is 0.125 e. The molecule has 0 aliphatic carbocycles. The zero-order valence-electron chi connectivity index (χ0n) is 12.5. The molecule has 1 aromatic rings. The molecule has 18 heavy (non-hydrogen) atoms. The van der Waals surface area contributed by atoms with Gasteiger partial charge in [-0.05, 0) is 40.7 Å². The van der Waals surface area contributed by atoms with Gasteiger partial charge in [-0.3, -0.25) is 0 Å². The van der Waals surface area contributed by atoms with E-state index in [4.69, 9.17) is 9.72 Å². The van der Waals surface area contributed by atoms with E-state index in [1.807, 2.05) is 7.05 Å². The van der Waals surface area contributed by atoms with E-state index in [-0.39, 0.29) is 5.60 Å². The molecular weight excluding hydrogens is 244 g/mol. The Morgan fingerprint density at radius 1 is 1.33 bits per heavy atom. The van der Waals surface area contributed by atoms with Gasteiger partial charge in [0.15, 0.2) is 0 Å². The monoisotopic (exact) mass is 270 g/mol. The summed E-state index contributed by atoms with van der Waals surface area (Å²) in [7, 11) is 1.99. The van der Waals surface area contributed by atoms with E-state index in [1.54, 1.807) is 11.3 Å². The number of ether oxygens (including phenoxy) is 1. The molecule has 1 unspecified atom stereocenters. The van der Waals surface area contributed by atoms with Gasteiger partial charge < -0.3 is 10.1 Å². The van der Waals surface area contributed by atoms with Gasteiger partial charge in [-0.25, -0.2) is 4.98 Å². The van der Waals surface area contributed by atoms with E-state index in [0.29, 0.717) is 6.04 Å². The summed E-state index contributed by atoms with van der Waals surface area (Å²) in [4.78, 5) is 6.08. The molecule has 1 rings (SSSR count). The quantitative estimate of drug-likeness (QED) is 0.818. The molecule has 0 saturated heterocycles. The highest BCUT2D eigenvalue weighted by molar-refractivity contribution is 7.12. The maximum Gasteiger partial charge on any atom is 0.125 e. The molecule has 0 spiro atoms. The van der Waals surface area contributed by atoms with Crippen LogP contribution in [0.1, 0.15) is 62.2 Å². The second-order valence-electron chi connectivity index (χ2n) is 4.61.